The Labute approximate surface area is 146 Å². The summed E-state index contributed by atoms with van der Waals surface area (Å²) in [7, 11) is 0. The third kappa shape index (κ3) is 3.82. The van der Waals surface area contributed by atoms with Crippen molar-refractivity contribution in [3.05, 3.63) is 64.6 Å². The molecule has 1 amide bonds. The molecule has 130 valence electrons. The van der Waals surface area contributed by atoms with Gasteiger partial charge < -0.3 is 9.73 Å². The number of nitrogens with zero attached hydrogens (tertiary/aromatic N) is 1. The minimum Gasteiger partial charge on any atom is -0.408 e. The van der Waals surface area contributed by atoms with Crippen molar-refractivity contribution < 1.29 is 9.21 Å². The number of rotatable bonds is 4. The molecule has 0 aliphatic carbocycles. The maximum atomic E-state index is 12.2. The van der Waals surface area contributed by atoms with Gasteiger partial charge in [-0.3, -0.25) is 9.36 Å². The lowest BCUT2D eigenvalue weighted by molar-refractivity contribution is -0.116. The predicted octanol–water partition coefficient (Wildman–Crippen LogP) is 3.92. The van der Waals surface area contributed by atoms with Crippen LogP contribution in [0.2, 0.25) is 0 Å². The summed E-state index contributed by atoms with van der Waals surface area (Å²) in [5.41, 5.74) is 3.27. The van der Waals surface area contributed by atoms with Crippen LogP contribution in [0.25, 0.3) is 11.1 Å². The summed E-state index contributed by atoms with van der Waals surface area (Å²) in [6.45, 7) is 6.72. The van der Waals surface area contributed by atoms with Crippen LogP contribution in [0.15, 0.2) is 57.7 Å². The summed E-state index contributed by atoms with van der Waals surface area (Å²) < 4.78 is 6.65. The molecule has 0 aliphatic heterocycles. The smallest absolute Gasteiger partial charge is 0.408 e. The number of carbonyl (C=O) groups excluding carboxylic acids is 1. The van der Waals surface area contributed by atoms with E-state index in [0.29, 0.717) is 11.1 Å². The number of fused-ring (bicyclic) bond motifs is 1. The molecule has 5 nitrogen and oxygen atoms in total. The summed E-state index contributed by atoms with van der Waals surface area (Å²) in [6, 6.07) is 15.0. The second kappa shape index (κ2) is 6.59. The molecule has 3 aromatic rings. The summed E-state index contributed by atoms with van der Waals surface area (Å²) in [5.74, 6) is -0.579. The molecule has 0 radical (unpaired) electrons. The largest absolute Gasteiger partial charge is 0.419 e. The van der Waals surface area contributed by atoms with Crippen molar-refractivity contribution in [2.24, 2.45) is 0 Å². The van der Waals surface area contributed by atoms with E-state index >= 15 is 0 Å². The lowest BCUT2D eigenvalue weighted by atomic mass is 9.87. The fraction of sp³-hybridized carbons (Fsp3) is 0.300. The first-order valence-corrected chi connectivity index (χ1v) is 8.33. The highest BCUT2D eigenvalue weighted by Crippen LogP contribution is 2.23. The minimum atomic E-state index is -0.441. The van der Waals surface area contributed by atoms with E-state index < -0.39 is 5.76 Å². The molecule has 0 aliphatic rings. The summed E-state index contributed by atoms with van der Waals surface area (Å²) in [4.78, 5) is 24.1. The Hall–Kier alpha value is -2.82. The minimum absolute atomic E-state index is 0.0754. The van der Waals surface area contributed by atoms with Gasteiger partial charge in [-0.1, -0.05) is 45.0 Å². The zero-order chi connectivity index (χ0) is 18.0. The molecule has 0 unspecified atom stereocenters. The number of amides is 1. The Kier molecular flexibility index (Phi) is 4.49. The van der Waals surface area contributed by atoms with Crippen LogP contribution in [0.5, 0.6) is 0 Å². The van der Waals surface area contributed by atoms with Gasteiger partial charge in [0, 0.05) is 18.7 Å². The van der Waals surface area contributed by atoms with Gasteiger partial charge >= 0.3 is 5.76 Å². The monoisotopic (exact) mass is 338 g/mol. The maximum absolute atomic E-state index is 12.2. The fourth-order valence-corrected chi connectivity index (χ4v) is 2.72. The molecule has 0 spiro atoms. The van der Waals surface area contributed by atoms with Crippen LogP contribution < -0.4 is 11.1 Å². The van der Waals surface area contributed by atoms with Crippen LogP contribution >= 0.6 is 0 Å². The van der Waals surface area contributed by atoms with E-state index in [4.69, 9.17) is 4.42 Å². The van der Waals surface area contributed by atoms with Gasteiger partial charge in [-0.05, 0) is 35.2 Å². The van der Waals surface area contributed by atoms with E-state index in [0.717, 1.165) is 5.69 Å². The van der Waals surface area contributed by atoms with Gasteiger partial charge in [0.25, 0.3) is 0 Å². The van der Waals surface area contributed by atoms with Crippen LogP contribution in [0.4, 0.5) is 5.69 Å². The molecule has 0 bridgehead atoms. The molecule has 1 heterocycles. The molecule has 3 rings (SSSR count). The third-order valence-corrected chi connectivity index (χ3v) is 4.17. The Morgan fingerprint density at radius 2 is 1.76 bits per heavy atom. The number of hydrogen-bond acceptors (Lipinski definition) is 3. The standard InChI is InChI=1S/C20H22N2O3/c1-20(2,3)14-8-10-15(11-9-14)21-18(23)12-13-22-16-6-4-5-7-17(16)25-19(22)24/h4-11H,12-13H2,1-3H3,(H,21,23). The van der Waals surface area contributed by atoms with Crippen molar-refractivity contribution in [3.63, 3.8) is 0 Å². The van der Waals surface area contributed by atoms with E-state index in [1.807, 2.05) is 42.5 Å². The first-order valence-electron chi connectivity index (χ1n) is 8.33. The second-order valence-electron chi connectivity index (χ2n) is 7.11. The summed E-state index contributed by atoms with van der Waals surface area (Å²) in [6.07, 6.45) is 0.199. The van der Waals surface area contributed by atoms with Gasteiger partial charge in [-0.25, -0.2) is 4.79 Å². The average Bonchev–Trinajstić information content (AvgIpc) is 2.88. The van der Waals surface area contributed by atoms with E-state index in [9.17, 15) is 9.59 Å². The molecular weight excluding hydrogens is 316 g/mol. The lowest BCUT2D eigenvalue weighted by Gasteiger charge is -2.19. The van der Waals surface area contributed by atoms with Crippen LogP contribution in [-0.4, -0.2) is 10.5 Å². The molecule has 25 heavy (non-hydrogen) atoms. The topological polar surface area (TPSA) is 64.2 Å². The van der Waals surface area contributed by atoms with Crippen molar-refractivity contribution in [2.45, 2.75) is 39.2 Å². The Balaban J connectivity index is 1.65. The summed E-state index contributed by atoms with van der Waals surface area (Å²) >= 11 is 0. The molecule has 0 fully saturated rings. The molecule has 5 heteroatoms. The summed E-state index contributed by atoms with van der Waals surface area (Å²) in [5, 5.41) is 2.87. The first-order chi connectivity index (χ1) is 11.8. The number of aryl methyl sites for hydroxylation is 1. The van der Waals surface area contributed by atoms with Crippen LogP contribution in [0.1, 0.15) is 32.8 Å². The number of nitrogens with one attached hydrogen (secondary N) is 1. The number of para-hydroxylation sites is 2. The predicted molar refractivity (Wildman–Crippen MR) is 98.9 cm³/mol. The highest BCUT2D eigenvalue weighted by atomic mass is 16.4. The van der Waals surface area contributed by atoms with Crippen molar-refractivity contribution >= 4 is 22.7 Å². The molecule has 1 aromatic heterocycles. The van der Waals surface area contributed by atoms with Gasteiger partial charge in [0.1, 0.15) is 0 Å². The molecular formula is C20H22N2O3. The third-order valence-electron chi connectivity index (χ3n) is 4.17. The van der Waals surface area contributed by atoms with Crippen LogP contribution in [0.3, 0.4) is 0 Å². The Morgan fingerprint density at radius 3 is 2.44 bits per heavy atom. The molecule has 0 atom stereocenters. The van der Waals surface area contributed by atoms with E-state index in [1.54, 1.807) is 6.07 Å². The van der Waals surface area contributed by atoms with Gasteiger partial charge in [-0.15, -0.1) is 0 Å². The van der Waals surface area contributed by atoms with E-state index in [2.05, 4.69) is 26.1 Å². The van der Waals surface area contributed by atoms with Gasteiger partial charge in [-0.2, -0.15) is 0 Å². The van der Waals surface area contributed by atoms with Gasteiger partial charge in [0.05, 0.1) is 5.52 Å². The Morgan fingerprint density at radius 1 is 1.08 bits per heavy atom. The highest BCUT2D eigenvalue weighted by Gasteiger charge is 2.14. The van der Waals surface area contributed by atoms with Gasteiger partial charge in [0.15, 0.2) is 5.58 Å². The molecule has 2 aromatic carbocycles. The first kappa shape index (κ1) is 17.0. The Bertz CT molecular complexity index is 943. The van der Waals surface area contributed by atoms with Crippen molar-refractivity contribution in [2.75, 3.05) is 5.32 Å². The lowest BCUT2D eigenvalue weighted by Crippen LogP contribution is -2.20. The number of carbonyl (C=O) groups is 1. The van der Waals surface area contributed by atoms with Crippen LogP contribution in [0, 0.1) is 0 Å². The van der Waals surface area contributed by atoms with Crippen molar-refractivity contribution in [3.8, 4) is 0 Å². The van der Waals surface area contributed by atoms with Crippen molar-refractivity contribution in [1.29, 1.82) is 0 Å². The number of hydrogen-bond donors (Lipinski definition) is 1. The van der Waals surface area contributed by atoms with Gasteiger partial charge in [0.2, 0.25) is 5.91 Å². The highest BCUT2D eigenvalue weighted by molar-refractivity contribution is 5.90. The van der Waals surface area contributed by atoms with Crippen LogP contribution in [-0.2, 0) is 16.8 Å². The average molecular weight is 338 g/mol. The molecule has 0 saturated heterocycles. The normalized spacial score (nSPS) is 11.6. The van der Waals surface area contributed by atoms with Crippen molar-refractivity contribution in [1.82, 2.24) is 4.57 Å². The number of anilines is 1. The quantitative estimate of drug-likeness (QED) is 0.784. The number of benzene rings is 2. The van der Waals surface area contributed by atoms with E-state index in [-0.39, 0.29) is 24.3 Å². The fourth-order valence-electron chi connectivity index (χ4n) is 2.72. The maximum Gasteiger partial charge on any atom is 0.419 e. The SMILES string of the molecule is CC(C)(C)c1ccc(NC(=O)CCn2c(=O)oc3ccccc32)cc1. The second-order valence-corrected chi connectivity index (χ2v) is 7.11. The zero-order valence-electron chi connectivity index (χ0n) is 14.7. The van der Waals surface area contributed by atoms with E-state index in [1.165, 1.54) is 10.1 Å². The number of oxazole rings is 1. The number of aromatic nitrogens is 1. The molecule has 1 N–H and O–H groups in total. The zero-order valence-corrected chi connectivity index (χ0v) is 14.7. The molecule has 0 saturated carbocycles.